The largest absolute Gasteiger partial charge is 0.481 e. The van der Waals surface area contributed by atoms with Gasteiger partial charge in [0.15, 0.2) is 6.61 Å². The number of hydrogen-bond donors (Lipinski definition) is 1. The molecule has 0 saturated heterocycles. The second kappa shape index (κ2) is 6.91. The summed E-state index contributed by atoms with van der Waals surface area (Å²) in [6.07, 6.45) is 0. The zero-order valence-corrected chi connectivity index (χ0v) is 13.9. The van der Waals surface area contributed by atoms with E-state index in [1.807, 2.05) is 24.3 Å². The summed E-state index contributed by atoms with van der Waals surface area (Å²) in [6.45, 7) is 5.26. The van der Waals surface area contributed by atoms with E-state index in [9.17, 15) is 9.18 Å². The van der Waals surface area contributed by atoms with Gasteiger partial charge in [-0.2, -0.15) is 0 Å². The quantitative estimate of drug-likeness (QED) is 0.907. The lowest BCUT2D eigenvalue weighted by Gasteiger charge is -2.31. The molecule has 0 aliphatic carbocycles. The Morgan fingerprint density at radius 2 is 2.04 bits per heavy atom. The number of anilines is 2. The topological polar surface area (TPSA) is 41.6 Å². The van der Waals surface area contributed by atoms with Crippen molar-refractivity contribution in [3.63, 3.8) is 0 Å². The van der Waals surface area contributed by atoms with E-state index in [2.05, 4.69) is 19.2 Å². The van der Waals surface area contributed by atoms with E-state index in [1.165, 1.54) is 6.07 Å². The zero-order valence-electron chi connectivity index (χ0n) is 13.9. The molecule has 24 heavy (non-hydrogen) atoms. The molecule has 0 saturated carbocycles. The maximum Gasteiger partial charge on any atom is 0.265 e. The summed E-state index contributed by atoms with van der Waals surface area (Å²) < 4.78 is 19.2. The van der Waals surface area contributed by atoms with Gasteiger partial charge in [-0.25, -0.2) is 4.39 Å². The highest BCUT2D eigenvalue weighted by Gasteiger charge is 2.26. The molecule has 1 N–H and O–H groups in total. The van der Waals surface area contributed by atoms with Gasteiger partial charge in [0.1, 0.15) is 11.6 Å². The average Bonchev–Trinajstić information content (AvgIpc) is 2.56. The third-order valence-electron chi connectivity index (χ3n) is 3.89. The Hall–Kier alpha value is -2.56. The molecule has 3 rings (SSSR count). The highest BCUT2D eigenvalue weighted by atomic mass is 19.1. The van der Waals surface area contributed by atoms with Crippen molar-refractivity contribution in [2.75, 3.05) is 23.4 Å². The monoisotopic (exact) mass is 328 g/mol. The number of carbonyl (C=O) groups excluding carboxylic acids is 1. The Morgan fingerprint density at radius 3 is 2.79 bits per heavy atom. The molecule has 0 spiro atoms. The number of halogens is 1. The molecule has 5 heteroatoms. The molecule has 2 aromatic carbocycles. The molecule has 0 radical (unpaired) electrons. The van der Waals surface area contributed by atoms with Gasteiger partial charge in [-0.15, -0.1) is 0 Å². The summed E-state index contributed by atoms with van der Waals surface area (Å²) in [7, 11) is 0. The maximum absolute atomic E-state index is 13.7. The van der Waals surface area contributed by atoms with E-state index in [-0.39, 0.29) is 18.3 Å². The number of carbonyl (C=O) groups is 1. The normalized spacial score (nSPS) is 13.7. The van der Waals surface area contributed by atoms with Gasteiger partial charge >= 0.3 is 0 Å². The van der Waals surface area contributed by atoms with Crippen LogP contribution in [-0.4, -0.2) is 19.1 Å². The standard InChI is InChI=1S/C19H21FN2O2/c1-13(2)11-22-17-8-7-15(9-18(17)24-12-19(22)23)21-10-14-5-3-4-6-16(14)20/h3-9,13,21H,10-12H2,1-2H3. The Bertz CT molecular complexity index is 746. The van der Waals surface area contributed by atoms with E-state index >= 15 is 0 Å². The predicted molar refractivity (Wildman–Crippen MR) is 92.9 cm³/mol. The first-order valence-electron chi connectivity index (χ1n) is 8.09. The molecule has 1 heterocycles. The first-order valence-corrected chi connectivity index (χ1v) is 8.09. The van der Waals surface area contributed by atoms with Crippen LogP contribution in [0.5, 0.6) is 5.75 Å². The molecule has 1 amide bonds. The third kappa shape index (κ3) is 3.50. The van der Waals surface area contributed by atoms with Gasteiger partial charge in [0, 0.05) is 30.4 Å². The summed E-state index contributed by atoms with van der Waals surface area (Å²) in [6, 6.07) is 12.3. The van der Waals surface area contributed by atoms with Crippen LogP contribution in [0.15, 0.2) is 42.5 Å². The van der Waals surface area contributed by atoms with Gasteiger partial charge < -0.3 is 15.0 Å². The fraction of sp³-hybridized carbons (Fsp3) is 0.316. The van der Waals surface area contributed by atoms with E-state index < -0.39 is 0 Å². The number of nitrogens with zero attached hydrogens (tertiary/aromatic N) is 1. The van der Waals surface area contributed by atoms with Crippen LogP contribution in [0.3, 0.4) is 0 Å². The van der Waals surface area contributed by atoms with Gasteiger partial charge in [0.05, 0.1) is 5.69 Å². The Morgan fingerprint density at radius 1 is 1.25 bits per heavy atom. The lowest BCUT2D eigenvalue weighted by atomic mass is 10.1. The SMILES string of the molecule is CC(C)CN1C(=O)COc2cc(NCc3ccccc3F)ccc21. The van der Waals surface area contributed by atoms with Crippen LogP contribution in [0.1, 0.15) is 19.4 Å². The van der Waals surface area contributed by atoms with Crippen molar-refractivity contribution in [3.05, 3.63) is 53.8 Å². The summed E-state index contributed by atoms with van der Waals surface area (Å²) in [5, 5.41) is 3.20. The molecule has 0 unspecified atom stereocenters. The van der Waals surface area contributed by atoms with Crippen LogP contribution in [0.4, 0.5) is 15.8 Å². The van der Waals surface area contributed by atoms with Gasteiger partial charge in [-0.3, -0.25) is 4.79 Å². The van der Waals surface area contributed by atoms with Crippen molar-refractivity contribution >= 4 is 17.3 Å². The second-order valence-corrected chi connectivity index (χ2v) is 6.31. The molecule has 1 aliphatic heterocycles. The van der Waals surface area contributed by atoms with Crippen LogP contribution in [0.25, 0.3) is 0 Å². The van der Waals surface area contributed by atoms with Crippen molar-refractivity contribution in [1.82, 2.24) is 0 Å². The Balaban J connectivity index is 1.76. The van der Waals surface area contributed by atoms with Crippen LogP contribution < -0.4 is 15.0 Å². The van der Waals surface area contributed by atoms with Crippen molar-refractivity contribution in [3.8, 4) is 5.75 Å². The average molecular weight is 328 g/mol. The second-order valence-electron chi connectivity index (χ2n) is 6.31. The van der Waals surface area contributed by atoms with E-state index in [1.54, 1.807) is 17.0 Å². The number of fused-ring (bicyclic) bond motifs is 1. The number of ether oxygens (including phenoxy) is 1. The van der Waals surface area contributed by atoms with Crippen LogP contribution in [-0.2, 0) is 11.3 Å². The number of benzene rings is 2. The first-order chi connectivity index (χ1) is 11.5. The predicted octanol–water partition coefficient (Wildman–Crippen LogP) is 3.82. The Labute approximate surface area is 141 Å². The fourth-order valence-electron chi connectivity index (χ4n) is 2.72. The first kappa shape index (κ1) is 16.3. The maximum atomic E-state index is 13.7. The van der Waals surface area contributed by atoms with E-state index in [0.29, 0.717) is 30.3 Å². The molecule has 126 valence electrons. The van der Waals surface area contributed by atoms with E-state index in [4.69, 9.17) is 4.74 Å². The summed E-state index contributed by atoms with van der Waals surface area (Å²) in [4.78, 5) is 13.8. The minimum Gasteiger partial charge on any atom is -0.481 e. The number of nitrogens with one attached hydrogen (secondary N) is 1. The van der Waals surface area contributed by atoms with Gasteiger partial charge in [0.2, 0.25) is 0 Å². The number of rotatable bonds is 5. The highest BCUT2D eigenvalue weighted by molar-refractivity contribution is 5.98. The van der Waals surface area contributed by atoms with Crippen LogP contribution in [0, 0.1) is 11.7 Å². The molecule has 0 fully saturated rings. The molecule has 0 atom stereocenters. The van der Waals surface area contributed by atoms with Gasteiger partial charge in [-0.1, -0.05) is 32.0 Å². The number of amides is 1. The van der Waals surface area contributed by atoms with Gasteiger partial charge in [0.25, 0.3) is 5.91 Å². The zero-order chi connectivity index (χ0) is 17.1. The number of hydrogen-bond acceptors (Lipinski definition) is 3. The molecular weight excluding hydrogens is 307 g/mol. The lowest BCUT2D eigenvalue weighted by Crippen LogP contribution is -2.40. The highest BCUT2D eigenvalue weighted by Crippen LogP contribution is 2.35. The minimum absolute atomic E-state index is 0.0248. The van der Waals surface area contributed by atoms with Gasteiger partial charge in [-0.05, 0) is 24.1 Å². The lowest BCUT2D eigenvalue weighted by molar-refractivity contribution is -0.121. The molecule has 0 aromatic heterocycles. The molecule has 0 bridgehead atoms. The fourth-order valence-corrected chi connectivity index (χ4v) is 2.72. The van der Waals surface area contributed by atoms with E-state index in [0.717, 1.165) is 11.4 Å². The van der Waals surface area contributed by atoms with Crippen molar-refractivity contribution in [2.24, 2.45) is 5.92 Å². The molecule has 1 aliphatic rings. The van der Waals surface area contributed by atoms with Crippen LogP contribution in [0.2, 0.25) is 0 Å². The van der Waals surface area contributed by atoms with Crippen LogP contribution >= 0.6 is 0 Å². The smallest absolute Gasteiger partial charge is 0.265 e. The Kier molecular flexibility index (Phi) is 4.69. The third-order valence-corrected chi connectivity index (χ3v) is 3.89. The summed E-state index contributed by atoms with van der Waals surface area (Å²) in [5.74, 6) is 0.795. The van der Waals surface area contributed by atoms with Crippen molar-refractivity contribution in [1.29, 1.82) is 0 Å². The summed E-state index contributed by atoms with van der Waals surface area (Å²) in [5.41, 5.74) is 2.22. The van der Waals surface area contributed by atoms with Crippen molar-refractivity contribution in [2.45, 2.75) is 20.4 Å². The molecule has 2 aromatic rings. The molecular formula is C19H21FN2O2. The summed E-state index contributed by atoms with van der Waals surface area (Å²) >= 11 is 0. The molecule has 4 nitrogen and oxygen atoms in total. The van der Waals surface area contributed by atoms with Crippen molar-refractivity contribution < 1.29 is 13.9 Å². The minimum atomic E-state index is -0.229.